The van der Waals surface area contributed by atoms with E-state index in [2.05, 4.69) is 11.9 Å². The van der Waals surface area contributed by atoms with Crippen molar-refractivity contribution in [2.45, 2.75) is 43.8 Å². The van der Waals surface area contributed by atoms with Crippen molar-refractivity contribution in [1.82, 2.24) is 4.90 Å². The zero-order valence-corrected chi connectivity index (χ0v) is 14.9. The second-order valence-electron chi connectivity index (χ2n) is 7.00. The van der Waals surface area contributed by atoms with Gasteiger partial charge in [0, 0.05) is 23.7 Å². The van der Waals surface area contributed by atoms with Gasteiger partial charge in [-0.05, 0) is 73.3 Å². The lowest BCUT2D eigenvalue weighted by Crippen LogP contribution is -2.50. The van der Waals surface area contributed by atoms with E-state index in [1.165, 1.54) is 17.0 Å². The van der Waals surface area contributed by atoms with Crippen LogP contribution in [0, 0.1) is 5.82 Å². The molecule has 0 aliphatic carbocycles. The number of anilines is 1. The smallest absolute Gasteiger partial charge is 0.412 e. The van der Waals surface area contributed by atoms with Gasteiger partial charge >= 0.3 is 6.09 Å². The number of piperidine rings is 1. The number of halogens is 1. The van der Waals surface area contributed by atoms with Crippen LogP contribution in [-0.4, -0.2) is 41.3 Å². The minimum Gasteiger partial charge on any atom is -0.465 e. The number of nitrogens with zero attached hydrogens (tertiary/aromatic N) is 2. The Morgan fingerprint density at radius 3 is 2.60 bits per heavy atom. The highest BCUT2D eigenvalue weighted by molar-refractivity contribution is 7.08. The molecule has 4 nitrogen and oxygen atoms in total. The molecular weight excluding hydrogens is 339 g/mol. The van der Waals surface area contributed by atoms with Gasteiger partial charge in [-0.25, -0.2) is 9.18 Å². The van der Waals surface area contributed by atoms with Gasteiger partial charge in [0.2, 0.25) is 0 Å². The number of hydrogen-bond acceptors (Lipinski definition) is 3. The average molecular weight is 360 g/mol. The van der Waals surface area contributed by atoms with E-state index in [4.69, 9.17) is 0 Å². The highest BCUT2D eigenvalue weighted by Crippen LogP contribution is 2.40. The zero-order valence-electron chi connectivity index (χ0n) is 14.1. The summed E-state index contributed by atoms with van der Waals surface area (Å²) in [5.41, 5.74) is 2.17. The molecule has 1 N–H and O–H groups in total. The molecule has 6 heteroatoms. The molecule has 0 radical (unpaired) electrons. The van der Waals surface area contributed by atoms with E-state index in [9.17, 15) is 14.3 Å². The van der Waals surface area contributed by atoms with Gasteiger partial charge in [-0.15, -0.1) is 0 Å². The molecule has 1 aromatic carbocycles. The maximum Gasteiger partial charge on any atom is 0.412 e. The Morgan fingerprint density at radius 1 is 1.28 bits per heavy atom. The fourth-order valence-corrected chi connectivity index (χ4v) is 5.07. The molecule has 3 heterocycles. The van der Waals surface area contributed by atoms with Crippen molar-refractivity contribution in [1.29, 1.82) is 0 Å². The van der Waals surface area contributed by atoms with Crippen LogP contribution in [0.4, 0.5) is 14.9 Å². The van der Waals surface area contributed by atoms with E-state index in [1.54, 1.807) is 17.4 Å². The van der Waals surface area contributed by atoms with Gasteiger partial charge in [0.1, 0.15) is 5.82 Å². The molecule has 0 unspecified atom stereocenters. The van der Waals surface area contributed by atoms with Crippen molar-refractivity contribution in [2.24, 2.45) is 0 Å². The van der Waals surface area contributed by atoms with Crippen LogP contribution in [0.25, 0.3) is 11.1 Å². The van der Waals surface area contributed by atoms with Crippen LogP contribution in [0.2, 0.25) is 0 Å². The fraction of sp³-hybridized carbons (Fsp3) is 0.421. The molecule has 1 aromatic heterocycles. The van der Waals surface area contributed by atoms with Crippen LogP contribution >= 0.6 is 11.3 Å². The number of carbonyl (C=O) groups is 1. The minimum absolute atomic E-state index is 0.106. The molecule has 0 spiro atoms. The minimum atomic E-state index is -1.00. The third-order valence-electron chi connectivity index (χ3n) is 5.70. The predicted molar refractivity (Wildman–Crippen MR) is 97.8 cm³/mol. The van der Waals surface area contributed by atoms with Crippen molar-refractivity contribution in [3.63, 3.8) is 0 Å². The number of carboxylic acid groups (broad SMARTS) is 1. The van der Waals surface area contributed by atoms with Crippen LogP contribution in [0.3, 0.4) is 0 Å². The first-order valence-electron chi connectivity index (χ1n) is 8.61. The maximum atomic E-state index is 14.0. The fourth-order valence-electron chi connectivity index (χ4n) is 4.42. The highest BCUT2D eigenvalue weighted by atomic mass is 32.1. The normalized spacial score (nSPS) is 25.9. The molecule has 0 saturated carbocycles. The van der Waals surface area contributed by atoms with Gasteiger partial charge in [-0.3, -0.25) is 4.90 Å². The monoisotopic (exact) mass is 360 g/mol. The SMILES string of the molecule is CN1[C@@H]2CC[C@H]1C[C@@H](N(C(=O)O)c1cc(F)ccc1-c1ccsc1)C2. The van der Waals surface area contributed by atoms with E-state index in [-0.39, 0.29) is 6.04 Å². The summed E-state index contributed by atoms with van der Waals surface area (Å²) in [6, 6.07) is 7.13. The van der Waals surface area contributed by atoms with E-state index >= 15 is 0 Å². The molecule has 2 fully saturated rings. The number of benzene rings is 1. The third-order valence-corrected chi connectivity index (χ3v) is 6.38. The third kappa shape index (κ3) is 2.93. The lowest BCUT2D eigenvalue weighted by Gasteiger charge is -2.41. The molecule has 25 heavy (non-hydrogen) atoms. The van der Waals surface area contributed by atoms with Gasteiger partial charge < -0.3 is 10.0 Å². The summed E-state index contributed by atoms with van der Waals surface area (Å²) in [4.78, 5) is 15.9. The molecule has 2 aliphatic heterocycles. The van der Waals surface area contributed by atoms with Gasteiger partial charge in [0.25, 0.3) is 0 Å². The first-order chi connectivity index (χ1) is 12.0. The van der Waals surface area contributed by atoms with Crippen LogP contribution < -0.4 is 4.90 Å². The summed E-state index contributed by atoms with van der Waals surface area (Å²) in [6.45, 7) is 0. The van der Waals surface area contributed by atoms with Crippen molar-refractivity contribution in [2.75, 3.05) is 11.9 Å². The lowest BCUT2D eigenvalue weighted by atomic mass is 9.95. The molecule has 2 saturated heterocycles. The van der Waals surface area contributed by atoms with E-state index in [0.717, 1.165) is 36.8 Å². The Kier molecular flexibility index (Phi) is 4.25. The Balaban J connectivity index is 1.75. The van der Waals surface area contributed by atoms with Crippen LogP contribution in [0.5, 0.6) is 0 Å². The second kappa shape index (κ2) is 6.42. The number of rotatable bonds is 3. The Bertz CT molecular complexity index is 766. The Labute approximate surface area is 150 Å². The van der Waals surface area contributed by atoms with Gasteiger partial charge in [0.05, 0.1) is 5.69 Å². The standard InChI is InChI=1S/C19H21FN2O2S/c1-21-14-3-4-15(21)10-16(9-14)22(19(23)24)18-8-13(20)2-5-17(18)12-6-7-25-11-12/h2,5-8,11,14-16H,3-4,9-10H2,1H3,(H,23,24)/t14-,15+,16+. The van der Waals surface area contributed by atoms with Crippen molar-refractivity contribution >= 4 is 23.1 Å². The average Bonchev–Trinajstić information content (AvgIpc) is 3.14. The second-order valence-corrected chi connectivity index (χ2v) is 7.78. The zero-order chi connectivity index (χ0) is 17.6. The van der Waals surface area contributed by atoms with Crippen LogP contribution in [0.1, 0.15) is 25.7 Å². The first-order valence-corrected chi connectivity index (χ1v) is 9.55. The molecule has 132 valence electrons. The first kappa shape index (κ1) is 16.5. The van der Waals surface area contributed by atoms with Gasteiger partial charge in [-0.1, -0.05) is 0 Å². The number of amides is 1. The number of hydrogen-bond donors (Lipinski definition) is 1. The molecule has 4 rings (SSSR count). The summed E-state index contributed by atoms with van der Waals surface area (Å²) >= 11 is 1.55. The van der Waals surface area contributed by atoms with Crippen molar-refractivity contribution in [3.05, 3.63) is 40.8 Å². The largest absolute Gasteiger partial charge is 0.465 e. The maximum absolute atomic E-state index is 14.0. The van der Waals surface area contributed by atoms with E-state index < -0.39 is 11.9 Å². The van der Waals surface area contributed by atoms with Gasteiger partial charge in [-0.2, -0.15) is 11.3 Å². The van der Waals surface area contributed by atoms with Crippen molar-refractivity contribution in [3.8, 4) is 11.1 Å². The van der Waals surface area contributed by atoms with Gasteiger partial charge in [0.15, 0.2) is 0 Å². The molecule has 3 atom stereocenters. The molecule has 2 bridgehead atoms. The molecular formula is C19H21FN2O2S. The molecule has 2 aliphatic rings. The van der Waals surface area contributed by atoms with E-state index in [0.29, 0.717) is 17.8 Å². The summed E-state index contributed by atoms with van der Waals surface area (Å²) in [6.07, 6.45) is 2.84. The van der Waals surface area contributed by atoms with Crippen LogP contribution in [-0.2, 0) is 0 Å². The van der Waals surface area contributed by atoms with Crippen molar-refractivity contribution < 1.29 is 14.3 Å². The van der Waals surface area contributed by atoms with Crippen LogP contribution in [0.15, 0.2) is 35.0 Å². The molecule has 1 amide bonds. The van der Waals surface area contributed by atoms with E-state index in [1.807, 2.05) is 16.8 Å². The number of thiophene rings is 1. The quantitative estimate of drug-likeness (QED) is 0.865. The topological polar surface area (TPSA) is 43.8 Å². The summed E-state index contributed by atoms with van der Waals surface area (Å²) in [5, 5.41) is 13.9. The summed E-state index contributed by atoms with van der Waals surface area (Å²) < 4.78 is 14.0. The summed E-state index contributed by atoms with van der Waals surface area (Å²) in [5.74, 6) is -0.406. The lowest BCUT2D eigenvalue weighted by molar-refractivity contribution is 0.151. The Morgan fingerprint density at radius 2 is 2.00 bits per heavy atom. The highest BCUT2D eigenvalue weighted by Gasteiger charge is 2.42. The molecule has 2 aromatic rings. The summed E-state index contributed by atoms with van der Waals surface area (Å²) in [7, 11) is 2.13. The number of fused-ring (bicyclic) bond motifs is 2. The Hall–Kier alpha value is -1.92. The predicted octanol–water partition coefficient (Wildman–Crippen LogP) is 4.66.